The number of nitrogens with one attached hydrogen (secondary N) is 1. The minimum atomic E-state index is -0.678. The van der Waals surface area contributed by atoms with Crippen molar-refractivity contribution in [2.24, 2.45) is 0 Å². The highest BCUT2D eigenvalue weighted by molar-refractivity contribution is 6.39. The number of para-hydroxylation sites is 1. The summed E-state index contributed by atoms with van der Waals surface area (Å²) in [4.78, 5) is 12.3. The lowest BCUT2D eigenvalue weighted by Gasteiger charge is -2.18. The van der Waals surface area contributed by atoms with Crippen LogP contribution in [0, 0.1) is 20.8 Å². The quantitative estimate of drug-likeness (QED) is 0.808. The maximum absolute atomic E-state index is 12.3. The third-order valence-corrected chi connectivity index (χ3v) is 4.28. The van der Waals surface area contributed by atoms with E-state index in [0.29, 0.717) is 21.5 Å². The lowest BCUT2D eigenvalue weighted by atomic mass is 10.1. The van der Waals surface area contributed by atoms with Gasteiger partial charge in [-0.3, -0.25) is 4.79 Å². The maximum Gasteiger partial charge on any atom is 0.265 e. The summed E-state index contributed by atoms with van der Waals surface area (Å²) in [5.74, 6) is 0.397. The number of anilines is 1. The van der Waals surface area contributed by atoms with Gasteiger partial charge in [0.25, 0.3) is 5.91 Å². The monoisotopic (exact) mass is 351 g/mol. The Bertz CT molecular complexity index is 724. The van der Waals surface area contributed by atoms with Crippen LogP contribution >= 0.6 is 23.2 Å². The Morgan fingerprint density at radius 2 is 1.74 bits per heavy atom. The molecule has 2 aromatic rings. The zero-order valence-corrected chi connectivity index (χ0v) is 15.0. The second-order valence-electron chi connectivity index (χ2n) is 5.55. The molecule has 0 heterocycles. The van der Waals surface area contributed by atoms with Crippen LogP contribution in [0.3, 0.4) is 0 Å². The molecule has 0 aliphatic rings. The normalized spacial score (nSPS) is 11.9. The molecule has 0 saturated carbocycles. The van der Waals surface area contributed by atoms with Crippen LogP contribution in [-0.4, -0.2) is 12.0 Å². The maximum atomic E-state index is 12.3. The molecule has 5 heteroatoms. The topological polar surface area (TPSA) is 38.3 Å². The smallest absolute Gasteiger partial charge is 0.265 e. The largest absolute Gasteiger partial charge is 0.481 e. The van der Waals surface area contributed by atoms with E-state index < -0.39 is 6.10 Å². The summed E-state index contributed by atoms with van der Waals surface area (Å²) in [6, 6.07) is 9.06. The molecule has 0 saturated heterocycles. The van der Waals surface area contributed by atoms with Gasteiger partial charge in [0.2, 0.25) is 0 Å². The van der Waals surface area contributed by atoms with E-state index in [2.05, 4.69) is 11.4 Å². The van der Waals surface area contributed by atoms with Gasteiger partial charge in [-0.2, -0.15) is 0 Å². The van der Waals surface area contributed by atoms with Gasteiger partial charge in [-0.15, -0.1) is 0 Å². The highest BCUT2D eigenvalue weighted by Gasteiger charge is 2.19. The molecule has 1 N–H and O–H groups in total. The van der Waals surface area contributed by atoms with Crippen molar-refractivity contribution in [3.8, 4) is 5.75 Å². The van der Waals surface area contributed by atoms with Gasteiger partial charge in [-0.05, 0) is 62.6 Å². The second kappa shape index (κ2) is 7.24. The predicted molar refractivity (Wildman–Crippen MR) is 95.8 cm³/mol. The molecular weight excluding hydrogens is 333 g/mol. The molecule has 23 heavy (non-hydrogen) atoms. The first-order valence-corrected chi connectivity index (χ1v) is 8.04. The van der Waals surface area contributed by atoms with Gasteiger partial charge in [0.15, 0.2) is 6.10 Å². The molecule has 0 radical (unpaired) electrons. The van der Waals surface area contributed by atoms with Crippen molar-refractivity contribution in [3.63, 3.8) is 0 Å². The average Bonchev–Trinajstić information content (AvgIpc) is 2.47. The molecule has 0 fully saturated rings. The molecule has 1 amide bonds. The molecule has 0 aromatic heterocycles. The van der Waals surface area contributed by atoms with E-state index in [4.69, 9.17) is 27.9 Å². The highest BCUT2D eigenvalue weighted by Crippen LogP contribution is 2.30. The molecule has 2 rings (SSSR count). The number of carbonyl (C=O) groups excluding carboxylic acids is 1. The Hall–Kier alpha value is -1.71. The SMILES string of the molecule is Cc1cc(C)c(C)c(O[C@@H](C)C(=O)Nc2c(Cl)cccc2Cl)c1. The zero-order chi connectivity index (χ0) is 17.1. The Labute approximate surface area is 146 Å². The minimum absolute atomic E-state index is 0.307. The van der Waals surface area contributed by atoms with Crippen molar-refractivity contribution in [1.29, 1.82) is 0 Å². The third-order valence-electron chi connectivity index (χ3n) is 3.65. The van der Waals surface area contributed by atoms with Crippen LogP contribution in [0.5, 0.6) is 5.75 Å². The molecule has 3 nitrogen and oxygen atoms in total. The Morgan fingerprint density at radius 1 is 1.13 bits per heavy atom. The van der Waals surface area contributed by atoms with Crippen LogP contribution in [0.25, 0.3) is 0 Å². The number of aryl methyl sites for hydroxylation is 2. The number of hydrogen-bond acceptors (Lipinski definition) is 2. The van der Waals surface area contributed by atoms with E-state index in [1.807, 2.05) is 26.8 Å². The Morgan fingerprint density at radius 3 is 2.35 bits per heavy atom. The predicted octanol–water partition coefficient (Wildman–Crippen LogP) is 5.32. The number of ether oxygens (including phenoxy) is 1. The van der Waals surface area contributed by atoms with Crippen LogP contribution < -0.4 is 10.1 Å². The highest BCUT2D eigenvalue weighted by atomic mass is 35.5. The molecule has 0 bridgehead atoms. The van der Waals surface area contributed by atoms with Crippen LogP contribution in [0.1, 0.15) is 23.6 Å². The van der Waals surface area contributed by atoms with E-state index in [-0.39, 0.29) is 5.91 Å². The summed E-state index contributed by atoms with van der Waals surface area (Å²) in [6.45, 7) is 7.67. The first-order chi connectivity index (χ1) is 10.8. The van der Waals surface area contributed by atoms with Crippen LogP contribution in [-0.2, 0) is 4.79 Å². The summed E-state index contributed by atoms with van der Waals surface area (Å²) < 4.78 is 5.82. The Balaban J connectivity index is 2.15. The lowest BCUT2D eigenvalue weighted by molar-refractivity contribution is -0.122. The lowest BCUT2D eigenvalue weighted by Crippen LogP contribution is -2.30. The standard InChI is InChI=1S/C18H19Cl2NO2/c1-10-8-11(2)12(3)16(9-10)23-13(4)18(22)21-17-14(19)6-5-7-15(17)20/h5-9,13H,1-4H3,(H,21,22)/t13-/m0/s1. The molecular formula is C18H19Cl2NO2. The van der Waals surface area contributed by atoms with E-state index in [1.54, 1.807) is 25.1 Å². The van der Waals surface area contributed by atoms with E-state index in [0.717, 1.165) is 16.7 Å². The van der Waals surface area contributed by atoms with Crippen molar-refractivity contribution in [2.45, 2.75) is 33.8 Å². The first-order valence-electron chi connectivity index (χ1n) is 7.29. The Kier molecular flexibility index (Phi) is 5.55. The fourth-order valence-corrected chi connectivity index (χ4v) is 2.70. The first kappa shape index (κ1) is 17.6. The van der Waals surface area contributed by atoms with Crippen molar-refractivity contribution < 1.29 is 9.53 Å². The molecule has 2 aromatic carbocycles. The second-order valence-corrected chi connectivity index (χ2v) is 6.37. The van der Waals surface area contributed by atoms with Crippen molar-refractivity contribution in [3.05, 3.63) is 57.1 Å². The molecule has 0 unspecified atom stereocenters. The van der Waals surface area contributed by atoms with Gasteiger partial charge in [0.1, 0.15) is 5.75 Å². The third kappa shape index (κ3) is 4.18. The number of hydrogen-bond donors (Lipinski definition) is 1. The van der Waals surface area contributed by atoms with Gasteiger partial charge in [0, 0.05) is 0 Å². The summed E-state index contributed by atoms with van der Waals surface area (Å²) in [5.41, 5.74) is 3.63. The summed E-state index contributed by atoms with van der Waals surface area (Å²) in [5, 5.41) is 3.50. The molecule has 1 atom stereocenters. The summed E-state index contributed by atoms with van der Waals surface area (Å²) in [7, 11) is 0. The van der Waals surface area contributed by atoms with Crippen molar-refractivity contribution in [2.75, 3.05) is 5.32 Å². The van der Waals surface area contributed by atoms with Crippen LogP contribution in [0.4, 0.5) is 5.69 Å². The zero-order valence-electron chi connectivity index (χ0n) is 13.5. The van der Waals surface area contributed by atoms with Crippen LogP contribution in [0.15, 0.2) is 30.3 Å². The van der Waals surface area contributed by atoms with E-state index in [1.165, 1.54) is 0 Å². The van der Waals surface area contributed by atoms with Gasteiger partial charge in [-0.1, -0.05) is 35.3 Å². The number of benzene rings is 2. The summed E-state index contributed by atoms with van der Waals surface area (Å²) in [6.07, 6.45) is -0.678. The minimum Gasteiger partial charge on any atom is -0.481 e. The summed E-state index contributed by atoms with van der Waals surface area (Å²) >= 11 is 12.1. The number of carbonyl (C=O) groups is 1. The molecule has 0 aliphatic carbocycles. The molecule has 0 spiro atoms. The van der Waals surface area contributed by atoms with Crippen molar-refractivity contribution >= 4 is 34.8 Å². The van der Waals surface area contributed by atoms with Crippen molar-refractivity contribution in [1.82, 2.24) is 0 Å². The molecule has 0 aliphatic heterocycles. The van der Waals surface area contributed by atoms with Gasteiger partial charge < -0.3 is 10.1 Å². The van der Waals surface area contributed by atoms with E-state index in [9.17, 15) is 4.79 Å². The number of amides is 1. The molecule has 122 valence electrons. The fourth-order valence-electron chi connectivity index (χ4n) is 2.21. The van der Waals surface area contributed by atoms with Gasteiger partial charge in [0.05, 0.1) is 15.7 Å². The fraction of sp³-hybridized carbons (Fsp3) is 0.278. The number of halogens is 2. The van der Waals surface area contributed by atoms with Gasteiger partial charge >= 0.3 is 0 Å². The van der Waals surface area contributed by atoms with Crippen LogP contribution in [0.2, 0.25) is 10.0 Å². The van der Waals surface area contributed by atoms with E-state index >= 15 is 0 Å². The van der Waals surface area contributed by atoms with Gasteiger partial charge in [-0.25, -0.2) is 0 Å². The average molecular weight is 352 g/mol. The number of rotatable bonds is 4.